The first-order valence-corrected chi connectivity index (χ1v) is 5.80. The highest BCUT2D eigenvalue weighted by Gasteiger charge is 2.10. The van der Waals surface area contributed by atoms with Crippen LogP contribution in [-0.4, -0.2) is 42.8 Å². The zero-order valence-electron chi connectivity index (χ0n) is 10.7. The van der Waals surface area contributed by atoms with E-state index < -0.39 is 5.91 Å². The van der Waals surface area contributed by atoms with Gasteiger partial charge in [-0.2, -0.15) is 4.80 Å². The smallest absolute Gasteiger partial charge is 0.276 e. The number of aryl methyl sites for hydroxylation is 1. The minimum absolute atomic E-state index is 0.0199. The molecule has 0 bridgehead atoms. The average Bonchev–Trinajstić information content (AvgIpc) is 2.85. The van der Waals surface area contributed by atoms with Gasteiger partial charge in [0.15, 0.2) is 0 Å². The van der Waals surface area contributed by atoms with Crippen LogP contribution in [0.3, 0.4) is 0 Å². The van der Waals surface area contributed by atoms with Crippen molar-refractivity contribution < 1.29 is 9.90 Å². The molecule has 2 rings (SSSR count). The highest BCUT2D eigenvalue weighted by atomic mass is 16.2. The van der Waals surface area contributed by atoms with Crippen LogP contribution >= 0.6 is 0 Å². The first kappa shape index (κ1) is 13.6. The second-order valence-corrected chi connectivity index (χ2v) is 3.76. The van der Waals surface area contributed by atoms with E-state index in [2.05, 4.69) is 37.6 Å². The number of amides is 1. The average molecular weight is 272 g/mol. The molecule has 0 spiro atoms. The number of tetrazole rings is 1. The summed E-state index contributed by atoms with van der Waals surface area (Å²) in [5.74, 6) is 5.29. The molecule has 8 nitrogen and oxygen atoms in total. The van der Waals surface area contributed by atoms with Crippen LogP contribution in [0.15, 0.2) is 18.3 Å². The lowest BCUT2D eigenvalue weighted by atomic mass is 10.2. The summed E-state index contributed by atoms with van der Waals surface area (Å²) in [6.07, 6.45) is 1.89. The number of aromatic nitrogens is 5. The number of aliphatic hydroxyl groups excluding tert-OH is 1. The van der Waals surface area contributed by atoms with Gasteiger partial charge in [-0.15, -0.1) is 5.10 Å². The molecule has 0 aliphatic rings. The Balaban J connectivity index is 2.02. The maximum Gasteiger partial charge on any atom is 0.276 e. The van der Waals surface area contributed by atoms with Gasteiger partial charge in [-0.25, -0.2) is 4.98 Å². The molecule has 2 heterocycles. The van der Waals surface area contributed by atoms with E-state index >= 15 is 0 Å². The minimum atomic E-state index is -0.423. The lowest BCUT2D eigenvalue weighted by Gasteiger charge is -1.99. The number of aliphatic hydroxyl groups is 1. The molecule has 0 unspecified atom stereocenters. The van der Waals surface area contributed by atoms with Crippen molar-refractivity contribution in [1.29, 1.82) is 0 Å². The van der Waals surface area contributed by atoms with Crippen molar-refractivity contribution in [3.8, 4) is 11.8 Å². The molecule has 0 atom stereocenters. The van der Waals surface area contributed by atoms with Gasteiger partial charge in [-0.1, -0.05) is 16.9 Å². The van der Waals surface area contributed by atoms with E-state index in [1.54, 1.807) is 19.2 Å². The van der Waals surface area contributed by atoms with Crippen molar-refractivity contribution >= 4 is 11.9 Å². The monoisotopic (exact) mass is 272 g/mol. The molecular formula is C12H12N6O2. The van der Waals surface area contributed by atoms with Crippen LogP contribution in [0.2, 0.25) is 0 Å². The topological polar surface area (TPSA) is 106 Å². The molecule has 2 aromatic rings. The summed E-state index contributed by atoms with van der Waals surface area (Å²) in [6, 6.07) is 3.23. The molecule has 2 N–H and O–H groups in total. The van der Waals surface area contributed by atoms with E-state index in [0.717, 1.165) is 0 Å². The minimum Gasteiger partial charge on any atom is -0.395 e. The van der Waals surface area contributed by atoms with Gasteiger partial charge in [0.25, 0.3) is 11.9 Å². The van der Waals surface area contributed by atoms with Crippen LogP contribution in [0.4, 0.5) is 5.95 Å². The Bertz CT molecular complexity index is 653. The van der Waals surface area contributed by atoms with Crippen LogP contribution in [0.5, 0.6) is 0 Å². The van der Waals surface area contributed by atoms with E-state index in [1.807, 2.05) is 0 Å². The predicted octanol–water partition coefficient (Wildman–Crippen LogP) is -0.409. The van der Waals surface area contributed by atoms with Crippen LogP contribution in [0.25, 0.3) is 0 Å². The van der Waals surface area contributed by atoms with Gasteiger partial charge in [0.05, 0.1) is 13.7 Å². The largest absolute Gasteiger partial charge is 0.395 e. The molecule has 8 heteroatoms. The van der Waals surface area contributed by atoms with Crippen molar-refractivity contribution in [3.63, 3.8) is 0 Å². The molecule has 0 saturated carbocycles. The third kappa shape index (κ3) is 3.60. The van der Waals surface area contributed by atoms with Crippen LogP contribution in [0.1, 0.15) is 22.5 Å². The second-order valence-electron chi connectivity index (χ2n) is 3.76. The molecule has 2 aromatic heterocycles. The fourth-order valence-corrected chi connectivity index (χ4v) is 1.32. The molecule has 20 heavy (non-hydrogen) atoms. The van der Waals surface area contributed by atoms with Crippen molar-refractivity contribution in [2.24, 2.45) is 7.05 Å². The number of hydrogen-bond donors (Lipinski definition) is 2. The Kier molecular flexibility index (Phi) is 4.36. The number of anilines is 1. The van der Waals surface area contributed by atoms with Crippen LogP contribution < -0.4 is 5.32 Å². The molecule has 0 saturated heterocycles. The lowest BCUT2D eigenvalue weighted by Crippen LogP contribution is -2.14. The SMILES string of the molecule is Cn1nnc(NC(=O)c2ccc(C#CCCO)cn2)n1. The van der Waals surface area contributed by atoms with Gasteiger partial charge in [0, 0.05) is 18.2 Å². The molecule has 0 aromatic carbocycles. The van der Waals surface area contributed by atoms with Gasteiger partial charge >= 0.3 is 0 Å². The molecular weight excluding hydrogens is 260 g/mol. The number of hydrogen-bond acceptors (Lipinski definition) is 6. The maximum atomic E-state index is 11.8. The molecule has 102 valence electrons. The molecule has 1 amide bonds. The zero-order chi connectivity index (χ0) is 14.4. The van der Waals surface area contributed by atoms with Gasteiger partial charge < -0.3 is 5.11 Å². The standard InChI is InChI=1S/C12H12N6O2/c1-18-16-12(15-17-18)14-11(20)10-6-5-9(8-13-10)4-2-3-7-19/h5-6,8,19H,3,7H2,1H3,(H,14,16,20). The Hall–Kier alpha value is -2.79. The highest BCUT2D eigenvalue weighted by Crippen LogP contribution is 2.02. The summed E-state index contributed by atoms with van der Waals surface area (Å²) >= 11 is 0. The number of pyridine rings is 1. The summed E-state index contributed by atoms with van der Waals surface area (Å²) in [7, 11) is 1.60. The van der Waals surface area contributed by atoms with E-state index in [0.29, 0.717) is 12.0 Å². The first-order valence-electron chi connectivity index (χ1n) is 5.80. The highest BCUT2D eigenvalue weighted by molar-refractivity contribution is 6.01. The van der Waals surface area contributed by atoms with Gasteiger partial charge in [-0.3, -0.25) is 10.1 Å². The predicted molar refractivity (Wildman–Crippen MR) is 69.6 cm³/mol. The Morgan fingerprint density at radius 2 is 2.35 bits per heavy atom. The lowest BCUT2D eigenvalue weighted by molar-refractivity contribution is 0.102. The molecule has 0 radical (unpaired) electrons. The van der Waals surface area contributed by atoms with E-state index in [9.17, 15) is 4.79 Å². The Morgan fingerprint density at radius 1 is 1.50 bits per heavy atom. The fourth-order valence-electron chi connectivity index (χ4n) is 1.32. The van der Waals surface area contributed by atoms with E-state index in [-0.39, 0.29) is 18.2 Å². The van der Waals surface area contributed by atoms with Crippen LogP contribution in [-0.2, 0) is 7.05 Å². The normalized spacial score (nSPS) is 9.70. The Labute approximate surface area is 114 Å². The summed E-state index contributed by atoms with van der Waals surface area (Å²) < 4.78 is 0. The van der Waals surface area contributed by atoms with E-state index in [1.165, 1.54) is 11.0 Å². The van der Waals surface area contributed by atoms with Crippen LogP contribution in [0, 0.1) is 11.8 Å². The summed E-state index contributed by atoms with van der Waals surface area (Å²) in [5.41, 5.74) is 0.901. The van der Waals surface area contributed by atoms with Crippen molar-refractivity contribution in [3.05, 3.63) is 29.6 Å². The molecule has 0 fully saturated rings. The summed E-state index contributed by atoms with van der Waals surface area (Å²) in [4.78, 5) is 17.1. The number of carbonyl (C=O) groups excluding carboxylic acids is 1. The quantitative estimate of drug-likeness (QED) is 0.736. The van der Waals surface area contributed by atoms with Gasteiger partial charge in [0.1, 0.15) is 5.69 Å². The van der Waals surface area contributed by atoms with Crippen molar-refractivity contribution in [2.45, 2.75) is 6.42 Å². The number of nitrogens with one attached hydrogen (secondary N) is 1. The maximum absolute atomic E-state index is 11.8. The summed E-state index contributed by atoms with van der Waals surface area (Å²) in [5, 5.41) is 22.2. The fraction of sp³-hybridized carbons (Fsp3) is 0.250. The van der Waals surface area contributed by atoms with Crippen molar-refractivity contribution in [1.82, 2.24) is 25.2 Å². The van der Waals surface area contributed by atoms with Gasteiger partial charge in [-0.05, 0) is 17.3 Å². The second kappa shape index (κ2) is 6.40. The molecule has 0 aliphatic heterocycles. The van der Waals surface area contributed by atoms with Crippen molar-refractivity contribution in [2.75, 3.05) is 11.9 Å². The molecule has 0 aliphatic carbocycles. The third-order valence-electron chi connectivity index (χ3n) is 2.20. The number of nitrogens with zero attached hydrogens (tertiary/aromatic N) is 5. The first-order chi connectivity index (χ1) is 9.69. The zero-order valence-corrected chi connectivity index (χ0v) is 10.7. The Morgan fingerprint density at radius 3 is 2.95 bits per heavy atom. The van der Waals surface area contributed by atoms with Gasteiger partial charge in [0.2, 0.25) is 0 Å². The summed E-state index contributed by atoms with van der Waals surface area (Å²) in [6.45, 7) is 0.0199. The number of carbonyl (C=O) groups is 1. The van der Waals surface area contributed by atoms with E-state index in [4.69, 9.17) is 5.11 Å². The third-order valence-corrected chi connectivity index (χ3v) is 2.20. The number of rotatable bonds is 3.